The van der Waals surface area contributed by atoms with Crippen LogP contribution in [-0.2, 0) is 36.9 Å². The molecule has 0 heterocycles. The summed E-state index contributed by atoms with van der Waals surface area (Å²) in [5.74, 6) is -2.24. The third-order valence-corrected chi connectivity index (χ3v) is 7.62. The van der Waals surface area contributed by atoms with Gasteiger partial charge in [0.1, 0.15) is 37.1 Å². The van der Waals surface area contributed by atoms with E-state index in [1.165, 1.54) is 0 Å². The van der Waals surface area contributed by atoms with Gasteiger partial charge >= 0.3 is 6.09 Å². The lowest BCUT2D eigenvalue weighted by Gasteiger charge is -2.31. The van der Waals surface area contributed by atoms with Gasteiger partial charge in [-0.2, -0.15) is 0 Å². The lowest BCUT2D eigenvalue weighted by atomic mass is 9.86. The maximum Gasteiger partial charge on any atom is 0.408 e. The molecule has 5 atom stereocenters. The number of alkyl carbamates (subject to hydrolysis) is 1. The van der Waals surface area contributed by atoms with Crippen LogP contribution in [0.4, 0.5) is 10.5 Å². The van der Waals surface area contributed by atoms with E-state index in [0.29, 0.717) is 17.5 Å². The number of ether oxygens (including phenoxy) is 1. The van der Waals surface area contributed by atoms with E-state index in [2.05, 4.69) is 21.3 Å². The fourth-order valence-corrected chi connectivity index (χ4v) is 5.14. The lowest BCUT2D eigenvalue weighted by Crippen LogP contribution is -2.59. The molecule has 0 unspecified atom stereocenters. The molecule has 2 aromatic carbocycles. The van der Waals surface area contributed by atoms with E-state index in [-0.39, 0.29) is 37.2 Å². The van der Waals surface area contributed by atoms with Gasteiger partial charge in [-0.15, -0.1) is 0 Å². The van der Waals surface area contributed by atoms with Gasteiger partial charge in [0.25, 0.3) is 0 Å². The number of nitrogen functional groups attached to an aromatic ring is 1. The van der Waals surface area contributed by atoms with E-state index < -0.39 is 59.5 Å². The molecule has 0 spiro atoms. The van der Waals surface area contributed by atoms with E-state index in [1.807, 2.05) is 71.9 Å². The van der Waals surface area contributed by atoms with Gasteiger partial charge in [-0.25, -0.2) is 4.79 Å². The standard InChI is InChI=1S/C37H55N5O7/c1-23(2)31(44)30(21-43)41-32(45)27(18-25-15-12-16-26(38)17-25)39-33(46)28(19-36(3,4)5)40-34(47)29(20-37(6,7)8)42-35(48)49-22-24-13-10-9-11-14-24/h9-17,21,23,27-31,44H,18-20,22,38H2,1-8H3,(H,39,46)(H,40,47)(H,41,45)(H,42,48)/t27-,28-,29+,30+,31+/m0/s1. The maximum absolute atomic E-state index is 14.0. The highest BCUT2D eigenvalue weighted by atomic mass is 16.5. The van der Waals surface area contributed by atoms with Gasteiger partial charge in [0, 0.05) is 12.1 Å². The number of aldehydes is 1. The normalized spacial score (nSPS) is 14.8. The Morgan fingerprint density at radius 2 is 1.27 bits per heavy atom. The zero-order valence-electron chi connectivity index (χ0n) is 30.0. The Morgan fingerprint density at radius 1 is 0.755 bits per heavy atom. The van der Waals surface area contributed by atoms with E-state index in [0.717, 1.165) is 5.56 Å². The second-order valence-electron chi connectivity index (χ2n) is 15.3. The number of benzene rings is 2. The Kier molecular flexibility index (Phi) is 15.3. The first-order valence-electron chi connectivity index (χ1n) is 16.6. The van der Waals surface area contributed by atoms with Crippen LogP contribution in [0.15, 0.2) is 54.6 Å². The predicted molar refractivity (Wildman–Crippen MR) is 189 cm³/mol. The maximum atomic E-state index is 14.0. The van der Waals surface area contributed by atoms with Crippen LogP contribution < -0.4 is 27.0 Å². The Hall–Kier alpha value is -4.45. The average Bonchev–Trinajstić information content (AvgIpc) is 3.00. The van der Waals surface area contributed by atoms with Crippen molar-refractivity contribution >= 4 is 35.8 Å². The Bertz CT molecular complexity index is 1400. The molecule has 0 aliphatic carbocycles. The fraction of sp³-hybridized carbons (Fsp3) is 0.541. The van der Waals surface area contributed by atoms with Crippen LogP contribution in [-0.4, -0.2) is 65.5 Å². The van der Waals surface area contributed by atoms with Crippen LogP contribution >= 0.6 is 0 Å². The smallest absolute Gasteiger partial charge is 0.408 e. The number of carbonyl (C=O) groups is 5. The minimum atomic E-state index is -1.20. The number of nitrogens with one attached hydrogen (secondary N) is 4. The Morgan fingerprint density at radius 3 is 1.78 bits per heavy atom. The SMILES string of the molecule is CC(C)[C@@H](O)[C@@H](C=O)NC(=O)[C@H](Cc1cccc(N)c1)NC(=O)[C@H](CC(C)(C)C)NC(=O)[C@@H](CC(C)(C)C)NC(=O)OCc1ccccc1. The van der Waals surface area contributed by atoms with Crippen molar-refractivity contribution in [1.82, 2.24) is 21.3 Å². The van der Waals surface area contributed by atoms with E-state index in [1.54, 1.807) is 38.1 Å². The molecule has 2 rings (SSSR count). The number of nitrogens with two attached hydrogens (primary N) is 1. The summed E-state index contributed by atoms with van der Waals surface area (Å²) < 4.78 is 5.37. The summed E-state index contributed by atoms with van der Waals surface area (Å²) in [5, 5.41) is 21.3. The second-order valence-corrected chi connectivity index (χ2v) is 15.3. The van der Waals surface area contributed by atoms with Crippen molar-refractivity contribution in [3.8, 4) is 0 Å². The first-order chi connectivity index (χ1) is 22.8. The van der Waals surface area contributed by atoms with E-state index in [4.69, 9.17) is 10.5 Å². The Labute approximate surface area is 290 Å². The summed E-state index contributed by atoms with van der Waals surface area (Å²) in [6, 6.07) is 11.4. The highest BCUT2D eigenvalue weighted by molar-refractivity contribution is 5.94. The van der Waals surface area contributed by atoms with Gasteiger partial charge in [0.2, 0.25) is 17.7 Å². The molecule has 0 aromatic heterocycles. The second kappa shape index (κ2) is 18.4. The molecule has 0 aliphatic heterocycles. The predicted octanol–water partition coefficient (Wildman–Crippen LogP) is 3.65. The number of hydrogen-bond donors (Lipinski definition) is 6. The third-order valence-electron chi connectivity index (χ3n) is 7.62. The topological polar surface area (TPSA) is 189 Å². The molecule has 0 fully saturated rings. The molecule has 270 valence electrons. The first kappa shape index (κ1) is 40.7. The summed E-state index contributed by atoms with van der Waals surface area (Å²) in [7, 11) is 0. The highest BCUT2D eigenvalue weighted by Gasteiger charge is 2.35. The molecule has 12 heteroatoms. The first-order valence-corrected chi connectivity index (χ1v) is 16.6. The summed E-state index contributed by atoms with van der Waals surface area (Å²) >= 11 is 0. The number of rotatable bonds is 16. The molecule has 12 nitrogen and oxygen atoms in total. The minimum absolute atomic E-state index is 0.0151. The molecule has 7 N–H and O–H groups in total. The van der Waals surface area contributed by atoms with Gasteiger partial charge in [0.05, 0.1) is 6.10 Å². The van der Waals surface area contributed by atoms with Crippen molar-refractivity contribution in [3.63, 3.8) is 0 Å². The fourth-order valence-electron chi connectivity index (χ4n) is 5.14. The molecule has 0 radical (unpaired) electrons. The van der Waals surface area contributed by atoms with Crippen molar-refractivity contribution in [1.29, 1.82) is 0 Å². The zero-order valence-corrected chi connectivity index (χ0v) is 30.0. The molecule has 49 heavy (non-hydrogen) atoms. The van der Waals surface area contributed by atoms with Gasteiger partial charge in [-0.1, -0.05) is 97.9 Å². The van der Waals surface area contributed by atoms with Gasteiger partial charge in [0.15, 0.2) is 0 Å². The van der Waals surface area contributed by atoms with Crippen LogP contribution in [0.3, 0.4) is 0 Å². The summed E-state index contributed by atoms with van der Waals surface area (Å²) in [4.78, 5) is 65.9. The number of aliphatic hydroxyl groups excluding tert-OH is 1. The van der Waals surface area contributed by atoms with Crippen molar-refractivity contribution in [2.45, 2.75) is 112 Å². The van der Waals surface area contributed by atoms with Crippen LogP contribution in [0.2, 0.25) is 0 Å². The molecular formula is C37H55N5O7. The summed E-state index contributed by atoms with van der Waals surface area (Å²) in [6.45, 7) is 14.9. The Balaban J connectivity index is 2.33. The van der Waals surface area contributed by atoms with Crippen molar-refractivity contribution in [3.05, 3.63) is 65.7 Å². The number of carbonyl (C=O) groups excluding carboxylic acids is 5. The van der Waals surface area contributed by atoms with Gasteiger partial charge in [-0.3, -0.25) is 14.4 Å². The largest absolute Gasteiger partial charge is 0.445 e. The summed E-state index contributed by atoms with van der Waals surface area (Å²) in [5.41, 5.74) is 7.03. The van der Waals surface area contributed by atoms with E-state index >= 15 is 0 Å². The van der Waals surface area contributed by atoms with Crippen LogP contribution in [0.5, 0.6) is 0 Å². The molecule has 4 amide bonds. The van der Waals surface area contributed by atoms with E-state index in [9.17, 15) is 29.1 Å². The van der Waals surface area contributed by atoms with Crippen LogP contribution in [0.1, 0.15) is 79.4 Å². The van der Waals surface area contributed by atoms with Crippen molar-refractivity contribution < 1.29 is 33.8 Å². The van der Waals surface area contributed by atoms with Crippen molar-refractivity contribution in [2.75, 3.05) is 5.73 Å². The van der Waals surface area contributed by atoms with Crippen LogP contribution in [0, 0.1) is 16.7 Å². The quantitative estimate of drug-likeness (QED) is 0.114. The molecule has 0 saturated carbocycles. The zero-order chi connectivity index (χ0) is 36.9. The lowest BCUT2D eigenvalue weighted by molar-refractivity contribution is -0.134. The summed E-state index contributed by atoms with van der Waals surface area (Å²) in [6.07, 6.45) is -1.01. The number of hydrogen-bond acceptors (Lipinski definition) is 8. The van der Waals surface area contributed by atoms with Gasteiger partial charge < -0.3 is 41.6 Å². The third kappa shape index (κ3) is 15.1. The average molecular weight is 682 g/mol. The number of aliphatic hydroxyl groups is 1. The number of anilines is 1. The minimum Gasteiger partial charge on any atom is -0.445 e. The molecule has 0 saturated heterocycles. The monoisotopic (exact) mass is 681 g/mol. The number of amides is 4. The van der Waals surface area contributed by atoms with Gasteiger partial charge in [-0.05, 0) is 52.8 Å². The molecular weight excluding hydrogens is 626 g/mol. The molecule has 2 aromatic rings. The van der Waals surface area contributed by atoms with Crippen molar-refractivity contribution in [2.24, 2.45) is 16.7 Å². The highest BCUT2D eigenvalue weighted by Crippen LogP contribution is 2.24. The molecule has 0 aliphatic rings. The molecule has 0 bridgehead atoms. The van der Waals surface area contributed by atoms with Crippen LogP contribution in [0.25, 0.3) is 0 Å².